The lowest BCUT2D eigenvalue weighted by molar-refractivity contribution is -0.118. The molecule has 0 spiro atoms. The van der Waals surface area contributed by atoms with Crippen LogP contribution in [0.1, 0.15) is 30.9 Å². The molecule has 0 unspecified atom stereocenters. The number of benzene rings is 2. The van der Waals surface area contributed by atoms with Crippen LogP contribution < -0.4 is 20.1 Å². The van der Waals surface area contributed by atoms with Gasteiger partial charge in [-0.2, -0.15) is 0 Å². The van der Waals surface area contributed by atoms with Crippen LogP contribution in [0.3, 0.4) is 0 Å². The van der Waals surface area contributed by atoms with Crippen LogP contribution in [-0.2, 0) is 17.9 Å². The molecule has 31 heavy (non-hydrogen) atoms. The molecule has 2 N–H and O–H groups in total. The molecular weight excluding hydrogens is 396 g/mol. The molecule has 0 bridgehead atoms. The normalized spacial score (nSPS) is 10.5. The Hall–Kier alpha value is -3.62. The van der Waals surface area contributed by atoms with Gasteiger partial charge in [0.1, 0.15) is 0 Å². The number of tetrazole rings is 1. The molecule has 0 saturated heterocycles. The van der Waals surface area contributed by atoms with Crippen molar-refractivity contribution in [1.29, 1.82) is 0 Å². The fourth-order valence-electron chi connectivity index (χ4n) is 2.89. The molecule has 1 heterocycles. The van der Waals surface area contributed by atoms with Crippen LogP contribution in [0.5, 0.6) is 11.5 Å². The highest BCUT2D eigenvalue weighted by Crippen LogP contribution is 2.28. The number of ether oxygens (including phenoxy) is 2. The molecule has 3 aromatic rings. The number of anilines is 2. The Morgan fingerprint density at radius 1 is 1.13 bits per heavy atom. The van der Waals surface area contributed by atoms with Crippen LogP contribution in [-0.4, -0.2) is 39.8 Å². The van der Waals surface area contributed by atoms with E-state index in [1.165, 1.54) is 0 Å². The van der Waals surface area contributed by atoms with Gasteiger partial charge in [-0.25, -0.2) is 4.68 Å². The zero-order valence-electron chi connectivity index (χ0n) is 18.1. The maximum absolute atomic E-state index is 12.2. The van der Waals surface area contributed by atoms with Crippen molar-refractivity contribution in [3.8, 4) is 11.5 Å². The smallest absolute Gasteiger partial charge is 0.262 e. The van der Waals surface area contributed by atoms with Gasteiger partial charge in [0.2, 0.25) is 5.95 Å². The van der Waals surface area contributed by atoms with Crippen LogP contribution in [0.2, 0.25) is 0 Å². The molecule has 0 aliphatic rings. The van der Waals surface area contributed by atoms with E-state index in [1.807, 2.05) is 43.3 Å². The summed E-state index contributed by atoms with van der Waals surface area (Å²) in [7, 11) is 1.57. The molecule has 164 valence electrons. The highest BCUT2D eigenvalue weighted by atomic mass is 16.5. The van der Waals surface area contributed by atoms with Crippen LogP contribution in [0.15, 0.2) is 42.5 Å². The van der Waals surface area contributed by atoms with Crippen molar-refractivity contribution in [1.82, 2.24) is 20.2 Å². The molecule has 3 rings (SSSR count). The average Bonchev–Trinajstić information content (AvgIpc) is 3.24. The summed E-state index contributed by atoms with van der Waals surface area (Å²) < 4.78 is 12.8. The summed E-state index contributed by atoms with van der Waals surface area (Å²) >= 11 is 0. The van der Waals surface area contributed by atoms with Gasteiger partial charge in [0.15, 0.2) is 18.1 Å². The van der Waals surface area contributed by atoms with Crippen LogP contribution in [0, 0.1) is 6.92 Å². The van der Waals surface area contributed by atoms with Gasteiger partial charge < -0.3 is 20.1 Å². The van der Waals surface area contributed by atoms with Crippen LogP contribution >= 0.6 is 0 Å². The maximum Gasteiger partial charge on any atom is 0.262 e. The van der Waals surface area contributed by atoms with Crippen molar-refractivity contribution in [2.75, 3.05) is 24.4 Å². The monoisotopic (exact) mass is 424 g/mol. The maximum atomic E-state index is 12.2. The molecule has 0 radical (unpaired) electrons. The lowest BCUT2D eigenvalue weighted by atomic mass is 10.2. The Bertz CT molecular complexity index is 987. The Labute approximate surface area is 181 Å². The second-order valence-corrected chi connectivity index (χ2v) is 7.12. The van der Waals surface area contributed by atoms with Gasteiger partial charge in [-0.1, -0.05) is 42.2 Å². The molecule has 1 aromatic heterocycles. The van der Waals surface area contributed by atoms with E-state index in [4.69, 9.17) is 9.47 Å². The van der Waals surface area contributed by atoms with E-state index in [0.717, 1.165) is 36.2 Å². The number of aryl methyl sites for hydroxylation is 2. The van der Waals surface area contributed by atoms with Crippen LogP contribution in [0.4, 0.5) is 11.6 Å². The second kappa shape index (κ2) is 11.0. The largest absolute Gasteiger partial charge is 0.493 e. The molecule has 0 fully saturated rings. The molecule has 0 atom stereocenters. The summed E-state index contributed by atoms with van der Waals surface area (Å²) in [4.78, 5) is 12.2. The minimum Gasteiger partial charge on any atom is -0.493 e. The summed E-state index contributed by atoms with van der Waals surface area (Å²) in [6.07, 6.45) is 2.08. The first-order valence-corrected chi connectivity index (χ1v) is 10.2. The summed E-state index contributed by atoms with van der Waals surface area (Å²) in [6, 6.07) is 13.1. The number of aromatic nitrogens is 4. The summed E-state index contributed by atoms with van der Waals surface area (Å²) in [5, 5.41) is 17.8. The molecule has 0 aliphatic carbocycles. The van der Waals surface area contributed by atoms with E-state index < -0.39 is 0 Å². The molecule has 1 amide bonds. The lowest BCUT2D eigenvalue weighted by Gasteiger charge is -2.13. The number of nitrogens with zero attached hydrogens (tertiary/aromatic N) is 4. The minimum absolute atomic E-state index is 0.117. The number of amides is 1. The number of hydrogen-bond donors (Lipinski definition) is 2. The number of carbonyl (C=O) groups excluding carboxylic acids is 1. The van der Waals surface area contributed by atoms with Crippen molar-refractivity contribution in [3.63, 3.8) is 0 Å². The molecule has 9 heteroatoms. The predicted molar refractivity (Wildman–Crippen MR) is 118 cm³/mol. The fraction of sp³-hybridized carbons (Fsp3) is 0.364. The van der Waals surface area contributed by atoms with Crippen molar-refractivity contribution >= 4 is 17.5 Å². The van der Waals surface area contributed by atoms with E-state index in [0.29, 0.717) is 24.0 Å². The Kier molecular flexibility index (Phi) is 7.80. The van der Waals surface area contributed by atoms with Crippen molar-refractivity contribution in [3.05, 3.63) is 53.6 Å². The van der Waals surface area contributed by atoms with Gasteiger partial charge in [-0.15, -0.1) is 0 Å². The topological polar surface area (TPSA) is 103 Å². The Morgan fingerprint density at radius 2 is 1.94 bits per heavy atom. The summed E-state index contributed by atoms with van der Waals surface area (Å²) in [5.74, 6) is 1.43. The zero-order valence-corrected chi connectivity index (χ0v) is 18.1. The third-order valence-corrected chi connectivity index (χ3v) is 4.63. The van der Waals surface area contributed by atoms with Crippen molar-refractivity contribution < 1.29 is 14.3 Å². The standard InChI is InChI=1S/C22H28N6O3/c1-4-5-12-28-22(25-26-27-28)23-14-17-8-11-19(20(13-17)30-3)31-15-21(29)24-18-9-6-16(2)7-10-18/h6-11,13H,4-5,12,14-15H2,1-3H3,(H,24,29)(H,23,25,27). The van der Waals surface area contributed by atoms with Gasteiger partial charge in [0, 0.05) is 18.8 Å². The first-order chi connectivity index (χ1) is 15.1. The number of unbranched alkanes of at least 4 members (excludes halogenated alkanes) is 1. The third kappa shape index (κ3) is 6.43. The number of methoxy groups -OCH3 is 1. The fourth-order valence-corrected chi connectivity index (χ4v) is 2.89. The molecule has 0 saturated carbocycles. The van der Waals surface area contributed by atoms with Crippen molar-refractivity contribution in [2.45, 2.75) is 39.8 Å². The van der Waals surface area contributed by atoms with Gasteiger partial charge in [0.25, 0.3) is 5.91 Å². The minimum atomic E-state index is -0.240. The molecule has 9 nitrogen and oxygen atoms in total. The quantitative estimate of drug-likeness (QED) is 0.486. The summed E-state index contributed by atoms with van der Waals surface area (Å²) in [6.45, 7) is 5.30. The van der Waals surface area contributed by atoms with E-state index in [-0.39, 0.29) is 12.5 Å². The van der Waals surface area contributed by atoms with Crippen LogP contribution in [0.25, 0.3) is 0 Å². The number of nitrogens with one attached hydrogen (secondary N) is 2. The van der Waals surface area contributed by atoms with E-state index in [9.17, 15) is 4.79 Å². The third-order valence-electron chi connectivity index (χ3n) is 4.63. The van der Waals surface area contributed by atoms with Gasteiger partial charge in [-0.3, -0.25) is 4.79 Å². The van der Waals surface area contributed by atoms with Crippen molar-refractivity contribution in [2.24, 2.45) is 0 Å². The summed E-state index contributed by atoms with van der Waals surface area (Å²) in [5.41, 5.74) is 2.83. The molecular formula is C22H28N6O3. The molecule has 2 aromatic carbocycles. The SMILES string of the molecule is CCCCn1nnnc1NCc1ccc(OCC(=O)Nc2ccc(C)cc2)c(OC)c1. The molecule has 0 aliphatic heterocycles. The number of rotatable bonds is 11. The van der Waals surface area contributed by atoms with E-state index >= 15 is 0 Å². The predicted octanol–water partition coefficient (Wildman–Crippen LogP) is 3.42. The number of carbonyl (C=O) groups is 1. The van der Waals surface area contributed by atoms with E-state index in [1.54, 1.807) is 17.9 Å². The second-order valence-electron chi connectivity index (χ2n) is 7.12. The first-order valence-electron chi connectivity index (χ1n) is 10.2. The zero-order chi connectivity index (χ0) is 22.1. The highest BCUT2D eigenvalue weighted by Gasteiger charge is 2.10. The Morgan fingerprint density at radius 3 is 2.68 bits per heavy atom. The van der Waals surface area contributed by atoms with Gasteiger partial charge in [-0.05, 0) is 53.6 Å². The Balaban J connectivity index is 1.55. The van der Waals surface area contributed by atoms with Gasteiger partial charge >= 0.3 is 0 Å². The van der Waals surface area contributed by atoms with E-state index in [2.05, 4.69) is 33.1 Å². The first kappa shape index (κ1) is 22.1. The number of hydrogen-bond acceptors (Lipinski definition) is 7. The average molecular weight is 425 g/mol. The van der Waals surface area contributed by atoms with Gasteiger partial charge in [0.05, 0.1) is 7.11 Å². The lowest BCUT2D eigenvalue weighted by Crippen LogP contribution is -2.20. The highest BCUT2D eigenvalue weighted by molar-refractivity contribution is 5.91.